The molecule has 1 rings (SSSR count). The highest BCUT2D eigenvalue weighted by molar-refractivity contribution is 9.10. The van der Waals surface area contributed by atoms with Gasteiger partial charge in [-0.1, -0.05) is 28.1 Å². The Bertz CT molecular complexity index is 212. The summed E-state index contributed by atoms with van der Waals surface area (Å²) in [5, 5.41) is 1.59. The Morgan fingerprint density at radius 2 is 2.20 bits per heavy atom. The van der Waals surface area contributed by atoms with Gasteiger partial charge in [0, 0.05) is 5.56 Å². The maximum absolute atomic E-state index is 12.8. The molecule has 0 fully saturated rings. The molecule has 0 saturated heterocycles. The molecule has 2 heteroatoms. The van der Waals surface area contributed by atoms with Crippen LogP contribution < -0.4 is 0 Å². The van der Waals surface area contributed by atoms with Gasteiger partial charge in [0.1, 0.15) is 5.82 Å². The van der Waals surface area contributed by atoms with Crippen LogP contribution in [0.15, 0.2) is 18.2 Å². The molecule has 0 bridgehead atoms. The predicted octanol–water partition coefficient (Wildman–Crippen LogP) is 3.04. The fourth-order valence-electron chi connectivity index (χ4n) is 0.783. The summed E-state index contributed by atoms with van der Waals surface area (Å²) in [4.78, 5) is 0. The topological polar surface area (TPSA) is 0 Å². The molecule has 0 aromatic heterocycles. The summed E-state index contributed by atoms with van der Waals surface area (Å²) in [5.41, 5.74) is 1.57. The van der Waals surface area contributed by atoms with E-state index in [1.165, 1.54) is 6.07 Å². The number of rotatable bonds is 1. The summed E-state index contributed by atoms with van der Waals surface area (Å²) in [6, 6.07) is 5.01. The van der Waals surface area contributed by atoms with Crippen molar-refractivity contribution in [1.82, 2.24) is 0 Å². The van der Waals surface area contributed by atoms with Crippen LogP contribution in [-0.2, 0) is 0 Å². The Labute approximate surface area is 68.2 Å². The van der Waals surface area contributed by atoms with Crippen LogP contribution in [0.1, 0.15) is 11.1 Å². The zero-order chi connectivity index (χ0) is 7.56. The smallest absolute Gasteiger partial charge is 0.127 e. The first-order valence-corrected chi connectivity index (χ1v) is 3.86. The van der Waals surface area contributed by atoms with Crippen LogP contribution in [0, 0.1) is 18.1 Å². The predicted molar refractivity (Wildman–Crippen MR) is 43.5 cm³/mol. The van der Waals surface area contributed by atoms with Gasteiger partial charge in [0.25, 0.3) is 0 Å². The van der Waals surface area contributed by atoms with Crippen LogP contribution in [0.25, 0.3) is 0 Å². The van der Waals surface area contributed by atoms with Gasteiger partial charge in [-0.05, 0) is 18.6 Å². The van der Waals surface area contributed by atoms with Crippen LogP contribution in [0.3, 0.4) is 0 Å². The minimum atomic E-state index is -0.183. The maximum Gasteiger partial charge on any atom is 0.127 e. The van der Waals surface area contributed by atoms with E-state index in [1.54, 1.807) is 11.4 Å². The van der Waals surface area contributed by atoms with Crippen LogP contribution >= 0.6 is 15.9 Å². The molecule has 0 saturated carbocycles. The molecule has 0 unspecified atom stereocenters. The third-order valence-corrected chi connectivity index (χ3v) is 1.84. The van der Waals surface area contributed by atoms with Crippen LogP contribution in [0.2, 0.25) is 0 Å². The summed E-state index contributed by atoms with van der Waals surface area (Å²) >= 11 is 3.09. The van der Waals surface area contributed by atoms with E-state index in [0.717, 1.165) is 5.56 Å². The van der Waals surface area contributed by atoms with Crippen molar-refractivity contribution < 1.29 is 4.39 Å². The normalized spacial score (nSPS) is 9.90. The molecule has 53 valence electrons. The molecule has 0 amide bonds. The number of benzene rings is 1. The van der Waals surface area contributed by atoms with E-state index in [-0.39, 0.29) is 5.82 Å². The van der Waals surface area contributed by atoms with Gasteiger partial charge in [-0.2, -0.15) is 0 Å². The second-order valence-corrected chi connectivity index (χ2v) is 2.54. The average Bonchev–Trinajstić information content (AvgIpc) is 1.88. The lowest BCUT2D eigenvalue weighted by atomic mass is 10.1. The molecule has 0 N–H and O–H groups in total. The Kier molecular flexibility index (Phi) is 2.44. The standard InChI is InChI=1S/C8H7BrF/c1-6-3-2-4-8(10)7(6)5-9/h2-5H,1H3. The molecular weight excluding hydrogens is 195 g/mol. The molecule has 0 atom stereocenters. The molecule has 1 aromatic carbocycles. The van der Waals surface area contributed by atoms with E-state index in [2.05, 4.69) is 15.9 Å². The Morgan fingerprint density at radius 1 is 1.50 bits per heavy atom. The van der Waals surface area contributed by atoms with Gasteiger partial charge in [-0.25, -0.2) is 4.39 Å². The summed E-state index contributed by atoms with van der Waals surface area (Å²) in [6.07, 6.45) is 0. The van der Waals surface area contributed by atoms with Gasteiger partial charge in [-0.15, -0.1) is 0 Å². The van der Waals surface area contributed by atoms with E-state index in [0.29, 0.717) is 5.56 Å². The first-order chi connectivity index (χ1) is 4.75. The van der Waals surface area contributed by atoms with Gasteiger partial charge in [0.05, 0.1) is 5.33 Å². The molecule has 0 spiro atoms. The zero-order valence-corrected chi connectivity index (χ0v) is 7.15. The third kappa shape index (κ3) is 1.37. The molecule has 1 aromatic rings. The summed E-state index contributed by atoms with van der Waals surface area (Å²) in [5.74, 6) is -0.183. The lowest BCUT2D eigenvalue weighted by molar-refractivity contribution is 0.621. The number of aryl methyl sites for hydroxylation is 1. The van der Waals surface area contributed by atoms with Gasteiger partial charge in [0.2, 0.25) is 0 Å². The van der Waals surface area contributed by atoms with Crippen molar-refractivity contribution in [2.24, 2.45) is 0 Å². The summed E-state index contributed by atoms with van der Waals surface area (Å²) in [6.45, 7) is 1.87. The van der Waals surface area contributed by atoms with Gasteiger partial charge in [0.15, 0.2) is 0 Å². The van der Waals surface area contributed by atoms with Crippen molar-refractivity contribution in [3.8, 4) is 0 Å². The Hall–Kier alpha value is -0.370. The maximum atomic E-state index is 12.8. The summed E-state index contributed by atoms with van der Waals surface area (Å²) in [7, 11) is 0. The van der Waals surface area contributed by atoms with Crippen molar-refractivity contribution in [3.05, 3.63) is 40.5 Å². The fraction of sp³-hybridized carbons (Fsp3) is 0.125. The SMILES string of the molecule is Cc1cccc(F)c1[CH]Br. The number of hydrogen-bond donors (Lipinski definition) is 0. The minimum absolute atomic E-state index is 0.183. The quantitative estimate of drug-likeness (QED) is 0.656. The van der Waals surface area contributed by atoms with Gasteiger partial charge < -0.3 is 0 Å². The molecule has 10 heavy (non-hydrogen) atoms. The van der Waals surface area contributed by atoms with Crippen LogP contribution in [-0.4, -0.2) is 0 Å². The van der Waals surface area contributed by atoms with Crippen molar-refractivity contribution in [3.63, 3.8) is 0 Å². The lowest BCUT2D eigenvalue weighted by Crippen LogP contribution is -1.87. The molecule has 0 heterocycles. The molecule has 1 radical (unpaired) electrons. The van der Waals surface area contributed by atoms with Crippen LogP contribution in [0.5, 0.6) is 0 Å². The number of hydrogen-bond acceptors (Lipinski definition) is 0. The Balaban J connectivity index is 3.17. The summed E-state index contributed by atoms with van der Waals surface area (Å²) < 4.78 is 12.8. The monoisotopic (exact) mass is 201 g/mol. The van der Waals surface area contributed by atoms with E-state index < -0.39 is 0 Å². The number of halogens is 2. The molecule has 0 aliphatic heterocycles. The van der Waals surface area contributed by atoms with E-state index in [9.17, 15) is 4.39 Å². The van der Waals surface area contributed by atoms with Crippen molar-refractivity contribution in [2.45, 2.75) is 6.92 Å². The minimum Gasteiger partial charge on any atom is -0.207 e. The van der Waals surface area contributed by atoms with Gasteiger partial charge in [-0.3, -0.25) is 0 Å². The molecule has 0 nitrogen and oxygen atoms in total. The van der Waals surface area contributed by atoms with Gasteiger partial charge >= 0.3 is 0 Å². The lowest BCUT2D eigenvalue weighted by Gasteiger charge is -2.00. The van der Waals surface area contributed by atoms with Crippen molar-refractivity contribution in [2.75, 3.05) is 0 Å². The highest BCUT2D eigenvalue weighted by Gasteiger charge is 2.01. The highest BCUT2D eigenvalue weighted by atomic mass is 79.9. The van der Waals surface area contributed by atoms with Crippen molar-refractivity contribution >= 4 is 15.9 Å². The van der Waals surface area contributed by atoms with Crippen molar-refractivity contribution in [1.29, 1.82) is 0 Å². The van der Waals surface area contributed by atoms with E-state index in [1.807, 2.05) is 13.0 Å². The third-order valence-electron chi connectivity index (χ3n) is 1.38. The Morgan fingerprint density at radius 3 is 2.60 bits per heavy atom. The molecule has 0 aliphatic rings. The molecule has 0 aliphatic carbocycles. The fourth-order valence-corrected chi connectivity index (χ4v) is 1.36. The van der Waals surface area contributed by atoms with Crippen LogP contribution in [0.4, 0.5) is 4.39 Å². The van der Waals surface area contributed by atoms with E-state index >= 15 is 0 Å². The average molecular weight is 202 g/mol. The highest BCUT2D eigenvalue weighted by Crippen LogP contribution is 2.16. The first-order valence-electron chi connectivity index (χ1n) is 2.94. The second-order valence-electron chi connectivity index (χ2n) is 2.08. The second kappa shape index (κ2) is 3.15. The molecular formula is C8H7BrF. The largest absolute Gasteiger partial charge is 0.207 e. The zero-order valence-electron chi connectivity index (χ0n) is 5.57. The first kappa shape index (κ1) is 7.73. The van der Waals surface area contributed by atoms with E-state index in [4.69, 9.17) is 0 Å².